The molecule has 1 aromatic carbocycles. The van der Waals surface area contributed by atoms with E-state index in [0.29, 0.717) is 11.7 Å². The van der Waals surface area contributed by atoms with Crippen LogP contribution in [0.5, 0.6) is 5.75 Å². The van der Waals surface area contributed by atoms with E-state index in [4.69, 9.17) is 21.4 Å². The topological polar surface area (TPSA) is 46.4 Å². The number of ether oxygens (including phenoxy) is 1. The molecular weight excluding hydrogens is 284 g/mol. The summed E-state index contributed by atoms with van der Waals surface area (Å²) in [6.45, 7) is 4.72. The van der Waals surface area contributed by atoms with Gasteiger partial charge in [-0.1, -0.05) is 6.92 Å². The van der Waals surface area contributed by atoms with Crippen molar-refractivity contribution in [3.05, 3.63) is 48.4 Å². The minimum absolute atomic E-state index is 0.222. The van der Waals surface area contributed by atoms with Crippen molar-refractivity contribution >= 4 is 23.0 Å². The Balaban J connectivity index is 1.80. The molecule has 1 heterocycles. The molecule has 0 saturated carbocycles. The number of nitrogens with one attached hydrogen (secondary N) is 2. The van der Waals surface area contributed by atoms with Crippen molar-refractivity contribution in [1.29, 1.82) is 0 Å². The summed E-state index contributed by atoms with van der Waals surface area (Å²) in [7, 11) is 0. The number of thiocarbonyl (C=S) groups is 1. The second-order valence-corrected chi connectivity index (χ2v) is 5.16. The van der Waals surface area contributed by atoms with Crippen LogP contribution in [0.1, 0.15) is 26.0 Å². The zero-order valence-corrected chi connectivity index (χ0v) is 13.1. The molecule has 0 aliphatic carbocycles. The molecule has 21 heavy (non-hydrogen) atoms. The van der Waals surface area contributed by atoms with Gasteiger partial charge in [0.1, 0.15) is 11.5 Å². The van der Waals surface area contributed by atoms with Gasteiger partial charge >= 0.3 is 0 Å². The summed E-state index contributed by atoms with van der Waals surface area (Å²) in [6.07, 6.45) is 2.85. The normalized spacial score (nSPS) is 11.7. The van der Waals surface area contributed by atoms with Crippen molar-refractivity contribution in [2.75, 3.05) is 5.32 Å². The maximum atomic E-state index is 5.73. The molecule has 4 nitrogen and oxygen atoms in total. The van der Waals surface area contributed by atoms with Gasteiger partial charge in [0.2, 0.25) is 0 Å². The maximum absolute atomic E-state index is 5.73. The first kappa shape index (κ1) is 15.4. The molecule has 0 fully saturated rings. The van der Waals surface area contributed by atoms with E-state index in [9.17, 15) is 0 Å². The quantitative estimate of drug-likeness (QED) is 0.791. The highest BCUT2D eigenvalue weighted by Gasteiger charge is 2.02. The van der Waals surface area contributed by atoms with Crippen LogP contribution < -0.4 is 15.4 Å². The fourth-order valence-corrected chi connectivity index (χ4v) is 1.88. The molecule has 5 heteroatoms. The molecule has 2 N–H and O–H groups in total. The summed E-state index contributed by atoms with van der Waals surface area (Å²) in [5, 5.41) is 6.76. The summed E-state index contributed by atoms with van der Waals surface area (Å²) in [6, 6.07) is 11.5. The molecule has 1 aromatic heterocycles. The Morgan fingerprint density at radius 2 is 2.05 bits per heavy atom. The van der Waals surface area contributed by atoms with Crippen molar-refractivity contribution in [1.82, 2.24) is 5.32 Å². The van der Waals surface area contributed by atoms with Gasteiger partial charge in [0.25, 0.3) is 0 Å². The predicted molar refractivity (Wildman–Crippen MR) is 88.6 cm³/mol. The van der Waals surface area contributed by atoms with Crippen LogP contribution in [0.4, 0.5) is 5.69 Å². The van der Waals surface area contributed by atoms with E-state index < -0.39 is 0 Å². The second-order valence-electron chi connectivity index (χ2n) is 4.75. The molecule has 0 radical (unpaired) electrons. The van der Waals surface area contributed by atoms with Crippen LogP contribution in [0.15, 0.2) is 47.1 Å². The summed E-state index contributed by atoms with van der Waals surface area (Å²) in [4.78, 5) is 0. The molecule has 0 spiro atoms. The minimum atomic E-state index is 0.222. The summed E-state index contributed by atoms with van der Waals surface area (Å²) in [5.41, 5.74) is 0.920. The monoisotopic (exact) mass is 304 g/mol. The predicted octanol–water partition coefficient (Wildman–Crippen LogP) is 3.94. The van der Waals surface area contributed by atoms with Crippen LogP contribution in [0.2, 0.25) is 0 Å². The van der Waals surface area contributed by atoms with E-state index in [1.54, 1.807) is 6.26 Å². The van der Waals surface area contributed by atoms with E-state index in [1.165, 1.54) is 0 Å². The van der Waals surface area contributed by atoms with Crippen molar-refractivity contribution in [2.24, 2.45) is 0 Å². The molecule has 0 saturated heterocycles. The first-order valence-corrected chi connectivity index (χ1v) is 7.42. The van der Waals surface area contributed by atoms with Gasteiger partial charge in [0.05, 0.1) is 18.9 Å². The molecule has 2 rings (SSSR count). The summed E-state index contributed by atoms with van der Waals surface area (Å²) >= 11 is 5.24. The van der Waals surface area contributed by atoms with Gasteiger partial charge in [-0.2, -0.15) is 0 Å². The number of hydrogen-bond donors (Lipinski definition) is 2. The molecule has 2 aromatic rings. The van der Waals surface area contributed by atoms with Gasteiger partial charge < -0.3 is 19.8 Å². The lowest BCUT2D eigenvalue weighted by Gasteiger charge is -2.13. The van der Waals surface area contributed by atoms with Gasteiger partial charge in [0.15, 0.2) is 5.11 Å². The highest BCUT2D eigenvalue weighted by atomic mass is 32.1. The van der Waals surface area contributed by atoms with Gasteiger partial charge in [-0.3, -0.25) is 0 Å². The number of anilines is 1. The zero-order chi connectivity index (χ0) is 15.1. The second kappa shape index (κ2) is 7.69. The molecule has 0 bridgehead atoms. The molecule has 0 aliphatic heterocycles. The smallest absolute Gasteiger partial charge is 0.171 e. The van der Waals surface area contributed by atoms with Crippen LogP contribution in [-0.2, 0) is 6.54 Å². The standard InChI is InChI=1S/C16H20N2O2S/c1-3-12(2)20-14-8-6-13(7-9-14)18-16(21)17-11-15-5-4-10-19-15/h4-10,12H,3,11H2,1-2H3,(H2,17,18,21). The Labute approximate surface area is 130 Å². The number of rotatable bonds is 6. The molecular formula is C16H20N2O2S. The van der Waals surface area contributed by atoms with Crippen molar-refractivity contribution in [3.63, 3.8) is 0 Å². The lowest BCUT2D eigenvalue weighted by molar-refractivity contribution is 0.217. The van der Waals surface area contributed by atoms with Crippen molar-refractivity contribution in [2.45, 2.75) is 32.9 Å². The maximum Gasteiger partial charge on any atom is 0.171 e. The van der Waals surface area contributed by atoms with Crippen LogP contribution >= 0.6 is 12.2 Å². The highest BCUT2D eigenvalue weighted by Crippen LogP contribution is 2.17. The van der Waals surface area contributed by atoms with E-state index in [2.05, 4.69) is 24.5 Å². The van der Waals surface area contributed by atoms with Crippen LogP contribution in [-0.4, -0.2) is 11.2 Å². The molecule has 0 amide bonds. The summed E-state index contributed by atoms with van der Waals surface area (Å²) < 4.78 is 11.0. The minimum Gasteiger partial charge on any atom is -0.491 e. The van der Waals surface area contributed by atoms with Crippen LogP contribution in [0.25, 0.3) is 0 Å². The number of benzene rings is 1. The van der Waals surface area contributed by atoms with Crippen molar-refractivity contribution in [3.8, 4) is 5.75 Å². The van der Waals surface area contributed by atoms with Gasteiger partial charge in [0, 0.05) is 5.69 Å². The van der Waals surface area contributed by atoms with E-state index in [1.807, 2.05) is 36.4 Å². The number of furan rings is 1. The Hall–Kier alpha value is -2.01. The zero-order valence-electron chi connectivity index (χ0n) is 12.3. The average molecular weight is 304 g/mol. The Morgan fingerprint density at radius 1 is 1.29 bits per heavy atom. The fourth-order valence-electron chi connectivity index (χ4n) is 1.69. The van der Waals surface area contributed by atoms with Crippen molar-refractivity contribution < 1.29 is 9.15 Å². The molecule has 1 atom stereocenters. The first-order valence-electron chi connectivity index (χ1n) is 7.01. The van der Waals surface area contributed by atoms with Crippen LogP contribution in [0, 0.1) is 0 Å². The fraction of sp³-hybridized carbons (Fsp3) is 0.312. The first-order chi connectivity index (χ1) is 10.2. The average Bonchev–Trinajstić information content (AvgIpc) is 3.00. The Kier molecular flexibility index (Phi) is 5.63. The molecule has 1 unspecified atom stereocenters. The highest BCUT2D eigenvalue weighted by molar-refractivity contribution is 7.80. The Bertz CT molecular complexity index is 552. The van der Waals surface area contributed by atoms with E-state index >= 15 is 0 Å². The molecule has 112 valence electrons. The third-order valence-electron chi connectivity index (χ3n) is 3.03. The van der Waals surface area contributed by atoms with E-state index in [-0.39, 0.29) is 6.10 Å². The van der Waals surface area contributed by atoms with E-state index in [0.717, 1.165) is 23.6 Å². The van der Waals surface area contributed by atoms with Gasteiger partial charge in [-0.15, -0.1) is 0 Å². The Morgan fingerprint density at radius 3 is 2.67 bits per heavy atom. The lowest BCUT2D eigenvalue weighted by Crippen LogP contribution is -2.27. The van der Waals surface area contributed by atoms with Crippen LogP contribution in [0.3, 0.4) is 0 Å². The largest absolute Gasteiger partial charge is 0.491 e. The molecule has 0 aliphatic rings. The SMILES string of the molecule is CCC(C)Oc1ccc(NC(=S)NCc2ccco2)cc1. The third kappa shape index (κ3) is 5.11. The summed E-state index contributed by atoms with van der Waals surface area (Å²) in [5.74, 6) is 1.71. The number of hydrogen-bond acceptors (Lipinski definition) is 3. The lowest BCUT2D eigenvalue weighted by atomic mass is 10.3. The third-order valence-corrected chi connectivity index (χ3v) is 3.27. The van der Waals surface area contributed by atoms with Gasteiger partial charge in [-0.25, -0.2) is 0 Å². The van der Waals surface area contributed by atoms with Gasteiger partial charge in [-0.05, 0) is 62.0 Å².